The molecule has 3 heteroatoms. The van der Waals surface area contributed by atoms with Crippen molar-refractivity contribution in [3.8, 4) is 6.07 Å². The van der Waals surface area contributed by atoms with E-state index in [0.29, 0.717) is 5.56 Å². The first-order chi connectivity index (χ1) is 5.04. The molecule has 0 aliphatic rings. The number of nitriles is 1. The van der Waals surface area contributed by atoms with Gasteiger partial charge in [0.15, 0.2) is 0 Å². The van der Waals surface area contributed by atoms with Crippen molar-refractivity contribution in [3.63, 3.8) is 0 Å². The molecule has 1 heterocycles. The van der Waals surface area contributed by atoms with Gasteiger partial charge in [-0.15, -0.1) is 0 Å². The Morgan fingerprint density at radius 1 is 1.55 bits per heavy atom. The highest BCUT2D eigenvalue weighted by atomic mass is 15.3. The van der Waals surface area contributed by atoms with Gasteiger partial charge in [-0.25, -0.2) is 0 Å². The molecule has 58 valence electrons. The molecule has 11 heavy (non-hydrogen) atoms. The molecule has 0 aliphatic heterocycles. The highest BCUT2D eigenvalue weighted by molar-refractivity contribution is 5.22. The average molecular weight is 149 g/mol. The fourth-order valence-electron chi connectivity index (χ4n) is 0.747. The summed E-state index contributed by atoms with van der Waals surface area (Å²) in [5.74, 6) is 0. The third-order valence-electron chi connectivity index (χ3n) is 1.40. The first-order valence-electron chi connectivity index (χ1n) is 3.49. The number of nitrogens with zero attached hydrogens (tertiary/aromatic N) is 3. The summed E-state index contributed by atoms with van der Waals surface area (Å²) in [6.45, 7) is 6.13. The van der Waals surface area contributed by atoms with E-state index in [2.05, 4.69) is 5.10 Å². The molecular formula is C8H11N3. The van der Waals surface area contributed by atoms with Gasteiger partial charge in [-0.3, -0.25) is 4.68 Å². The number of rotatable bonds is 0. The first-order valence-corrected chi connectivity index (χ1v) is 3.49. The Hall–Kier alpha value is -1.30. The van der Waals surface area contributed by atoms with Crippen molar-refractivity contribution >= 4 is 0 Å². The zero-order chi connectivity index (χ0) is 8.48. The van der Waals surface area contributed by atoms with E-state index < -0.39 is 0 Å². The minimum atomic E-state index is -0.0326. The maximum absolute atomic E-state index is 8.51. The summed E-state index contributed by atoms with van der Waals surface area (Å²) in [5, 5.41) is 12.6. The fourth-order valence-corrected chi connectivity index (χ4v) is 0.747. The summed E-state index contributed by atoms with van der Waals surface area (Å²) in [4.78, 5) is 0. The predicted molar refractivity (Wildman–Crippen MR) is 41.9 cm³/mol. The van der Waals surface area contributed by atoms with E-state index in [-0.39, 0.29) is 5.54 Å². The van der Waals surface area contributed by atoms with Crippen LogP contribution in [0.5, 0.6) is 0 Å². The lowest BCUT2D eigenvalue weighted by Gasteiger charge is -2.18. The van der Waals surface area contributed by atoms with E-state index >= 15 is 0 Å². The smallest absolute Gasteiger partial charge is 0.102 e. The zero-order valence-corrected chi connectivity index (χ0v) is 7.00. The standard InChI is InChI=1S/C8H11N3/c1-8(2,3)11-6-7(4-9)5-10-11/h5-6H,1-3H3. The highest BCUT2D eigenvalue weighted by Gasteiger charge is 2.13. The molecule has 0 fully saturated rings. The third kappa shape index (κ3) is 1.58. The molecule has 3 nitrogen and oxygen atoms in total. The molecule has 0 saturated carbocycles. The number of hydrogen-bond acceptors (Lipinski definition) is 2. The van der Waals surface area contributed by atoms with Crippen molar-refractivity contribution in [2.24, 2.45) is 0 Å². The Balaban J connectivity index is 3.01. The SMILES string of the molecule is CC(C)(C)n1cc(C#N)cn1. The molecule has 0 amide bonds. The summed E-state index contributed by atoms with van der Waals surface area (Å²) in [6, 6.07) is 2.04. The normalized spacial score (nSPS) is 11.1. The van der Waals surface area contributed by atoms with Gasteiger partial charge in [-0.05, 0) is 20.8 Å². The van der Waals surface area contributed by atoms with Crippen LogP contribution in [-0.2, 0) is 5.54 Å². The van der Waals surface area contributed by atoms with E-state index in [1.54, 1.807) is 17.1 Å². The summed E-state index contributed by atoms with van der Waals surface area (Å²) >= 11 is 0. The van der Waals surface area contributed by atoms with E-state index in [0.717, 1.165) is 0 Å². The van der Waals surface area contributed by atoms with Crippen LogP contribution in [0, 0.1) is 11.3 Å². The Morgan fingerprint density at radius 2 is 2.18 bits per heavy atom. The van der Waals surface area contributed by atoms with Crippen LogP contribution in [0.2, 0.25) is 0 Å². The molecule has 0 aromatic carbocycles. The van der Waals surface area contributed by atoms with Gasteiger partial charge in [-0.1, -0.05) is 0 Å². The molecule has 0 atom stereocenters. The van der Waals surface area contributed by atoms with Crippen molar-refractivity contribution in [1.29, 1.82) is 5.26 Å². The molecule has 1 aromatic rings. The quantitative estimate of drug-likeness (QED) is 0.561. The van der Waals surface area contributed by atoms with Crippen LogP contribution in [0.25, 0.3) is 0 Å². The van der Waals surface area contributed by atoms with Crippen LogP contribution in [0.3, 0.4) is 0 Å². The molecule has 0 radical (unpaired) electrons. The molecule has 0 unspecified atom stereocenters. The lowest BCUT2D eigenvalue weighted by molar-refractivity contribution is 0.355. The predicted octanol–water partition coefficient (Wildman–Crippen LogP) is 1.51. The van der Waals surface area contributed by atoms with Gasteiger partial charge in [0.1, 0.15) is 6.07 Å². The maximum Gasteiger partial charge on any atom is 0.102 e. The molecule has 0 bridgehead atoms. The largest absolute Gasteiger partial charge is 0.266 e. The lowest BCUT2D eigenvalue weighted by Crippen LogP contribution is -2.21. The molecule has 1 rings (SSSR count). The zero-order valence-electron chi connectivity index (χ0n) is 7.00. The Morgan fingerprint density at radius 3 is 2.45 bits per heavy atom. The van der Waals surface area contributed by atoms with E-state index in [1.807, 2.05) is 26.8 Å². The monoisotopic (exact) mass is 149 g/mol. The van der Waals surface area contributed by atoms with Crippen LogP contribution < -0.4 is 0 Å². The molecule has 0 spiro atoms. The van der Waals surface area contributed by atoms with Crippen molar-refractivity contribution < 1.29 is 0 Å². The molecule has 1 aromatic heterocycles. The van der Waals surface area contributed by atoms with Crippen molar-refractivity contribution in [2.75, 3.05) is 0 Å². The molecule has 0 saturated heterocycles. The van der Waals surface area contributed by atoms with Gasteiger partial charge < -0.3 is 0 Å². The second-order valence-corrected chi connectivity index (χ2v) is 3.46. The van der Waals surface area contributed by atoms with Gasteiger partial charge in [-0.2, -0.15) is 10.4 Å². The van der Waals surface area contributed by atoms with E-state index in [4.69, 9.17) is 5.26 Å². The summed E-state index contributed by atoms with van der Waals surface area (Å²) in [5.41, 5.74) is 0.578. The first kappa shape index (κ1) is 7.80. The Kier molecular flexibility index (Phi) is 1.69. The number of aromatic nitrogens is 2. The number of hydrogen-bond donors (Lipinski definition) is 0. The van der Waals surface area contributed by atoms with Crippen LogP contribution in [0.4, 0.5) is 0 Å². The van der Waals surface area contributed by atoms with Crippen LogP contribution in [0.15, 0.2) is 12.4 Å². The second-order valence-electron chi connectivity index (χ2n) is 3.46. The molecule has 0 N–H and O–H groups in total. The second kappa shape index (κ2) is 2.39. The Labute approximate surface area is 66.3 Å². The van der Waals surface area contributed by atoms with Crippen molar-refractivity contribution in [1.82, 2.24) is 9.78 Å². The van der Waals surface area contributed by atoms with E-state index in [9.17, 15) is 0 Å². The molecule has 0 aliphatic carbocycles. The van der Waals surface area contributed by atoms with Crippen LogP contribution >= 0.6 is 0 Å². The minimum absolute atomic E-state index is 0.0326. The average Bonchev–Trinajstić information content (AvgIpc) is 2.32. The van der Waals surface area contributed by atoms with Gasteiger partial charge >= 0.3 is 0 Å². The maximum atomic E-state index is 8.51. The highest BCUT2D eigenvalue weighted by Crippen LogP contribution is 2.12. The lowest BCUT2D eigenvalue weighted by atomic mass is 10.1. The van der Waals surface area contributed by atoms with Gasteiger partial charge in [0, 0.05) is 6.20 Å². The third-order valence-corrected chi connectivity index (χ3v) is 1.40. The van der Waals surface area contributed by atoms with Crippen LogP contribution in [0.1, 0.15) is 26.3 Å². The summed E-state index contributed by atoms with van der Waals surface area (Å²) in [6.07, 6.45) is 3.32. The van der Waals surface area contributed by atoms with Crippen LogP contribution in [-0.4, -0.2) is 9.78 Å². The molecular weight excluding hydrogens is 138 g/mol. The van der Waals surface area contributed by atoms with Gasteiger partial charge in [0.05, 0.1) is 17.3 Å². The summed E-state index contributed by atoms with van der Waals surface area (Å²) in [7, 11) is 0. The van der Waals surface area contributed by atoms with E-state index in [1.165, 1.54) is 0 Å². The minimum Gasteiger partial charge on any atom is -0.266 e. The van der Waals surface area contributed by atoms with Gasteiger partial charge in [0.25, 0.3) is 0 Å². The Bertz CT molecular complexity index is 285. The van der Waals surface area contributed by atoms with Crippen molar-refractivity contribution in [2.45, 2.75) is 26.3 Å². The van der Waals surface area contributed by atoms with Gasteiger partial charge in [0.2, 0.25) is 0 Å². The fraction of sp³-hybridized carbons (Fsp3) is 0.500. The topological polar surface area (TPSA) is 41.6 Å². The van der Waals surface area contributed by atoms with Crippen molar-refractivity contribution in [3.05, 3.63) is 18.0 Å². The summed E-state index contributed by atoms with van der Waals surface area (Å²) < 4.78 is 1.78.